The number of alkyl halides is 1. The average Bonchev–Trinajstić information content (AvgIpc) is 2.45. The summed E-state index contributed by atoms with van der Waals surface area (Å²) in [5.74, 6) is 0.472. The zero-order valence-electron chi connectivity index (χ0n) is 13.2. The smallest absolute Gasteiger partial charge is 0.410 e. The van der Waals surface area contributed by atoms with Gasteiger partial charge in [-0.25, -0.2) is 4.79 Å². The van der Waals surface area contributed by atoms with E-state index in [2.05, 4.69) is 0 Å². The lowest BCUT2D eigenvalue weighted by molar-refractivity contribution is 0.0271. The molecule has 3 nitrogen and oxygen atoms in total. The van der Waals surface area contributed by atoms with Crippen LogP contribution in [0.1, 0.15) is 32.8 Å². The molecule has 0 aliphatic carbocycles. The Morgan fingerprint density at radius 1 is 1.27 bits per heavy atom. The van der Waals surface area contributed by atoms with E-state index >= 15 is 0 Å². The van der Waals surface area contributed by atoms with Gasteiger partial charge in [-0.3, -0.25) is 0 Å². The van der Waals surface area contributed by atoms with Gasteiger partial charge in [-0.2, -0.15) is 0 Å². The zero-order chi connectivity index (χ0) is 16.3. The van der Waals surface area contributed by atoms with Crippen molar-refractivity contribution in [2.45, 2.75) is 32.8 Å². The van der Waals surface area contributed by atoms with Crippen LogP contribution in [-0.4, -0.2) is 35.6 Å². The van der Waals surface area contributed by atoms with Crippen LogP contribution < -0.4 is 0 Å². The molecule has 1 heterocycles. The standard InChI is InChI=1S/C17H21Cl2NO2/c1-17(2,3)22-16(21)20-9-8-13(10-18)15(11-20)12-4-6-14(19)7-5-12/h4-7H,8-11H2,1-3H3. The largest absolute Gasteiger partial charge is 0.444 e. The molecule has 1 amide bonds. The molecule has 5 heteroatoms. The van der Waals surface area contributed by atoms with Crippen molar-refractivity contribution in [1.82, 2.24) is 4.90 Å². The molecule has 0 fully saturated rings. The minimum absolute atomic E-state index is 0.285. The molecule has 0 atom stereocenters. The lowest BCUT2D eigenvalue weighted by atomic mass is 9.95. The first-order chi connectivity index (χ1) is 10.3. The van der Waals surface area contributed by atoms with E-state index < -0.39 is 5.60 Å². The summed E-state index contributed by atoms with van der Waals surface area (Å²) in [4.78, 5) is 14.0. The summed E-state index contributed by atoms with van der Waals surface area (Å²) in [5, 5.41) is 0.691. The van der Waals surface area contributed by atoms with E-state index in [1.807, 2.05) is 45.0 Å². The highest BCUT2D eigenvalue weighted by Gasteiger charge is 2.27. The van der Waals surface area contributed by atoms with Crippen molar-refractivity contribution in [2.24, 2.45) is 0 Å². The van der Waals surface area contributed by atoms with Crippen molar-refractivity contribution >= 4 is 34.9 Å². The lowest BCUT2D eigenvalue weighted by Gasteiger charge is -2.32. The minimum Gasteiger partial charge on any atom is -0.444 e. The van der Waals surface area contributed by atoms with Gasteiger partial charge in [0.1, 0.15) is 5.60 Å². The molecule has 1 aromatic carbocycles. The number of rotatable bonds is 2. The van der Waals surface area contributed by atoms with Gasteiger partial charge in [0.05, 0.1) is 0 Å². The normalized spacial score (nSPS) is 16.0. The molecule has 0 N–H and O–H groups in total. The van der Waals surface area contributed by atoms with Gasteiger partial charge in [-0.05, 0) is 56.0 Å². The van der Waals surface area contributed by atoms with Gasteiger partial charge in [-0.1, -0.05) is 23.7 Å². The molecule has 0 aromatic heterocycles. The SMILES string of the molecule is CC(C)(C)OC(=O)N1CCC(CCl)=C(c2ccc(Cl)cc2)C1. The van der Waals surface area contributed by atoms with Crippen LogP contribution in [0.25, 0.3) is 5.57 Å². The highest BCUT2D eigenvalue weighted by molar-refractivity contribution is 6.30. The Morgan fingerprint density at radius 3 is 2.45 bits per heavy atom. The van der Waals surface area contributed by atoms with Crippen LogP contribution in [0.15, 0.2) is 29.8 Å². The Bertz CT molecular complexity index is 573. The Kier molecular flexibility index (Phi) is 5.41. The van der Waals surface area contributed by atoms with E-state index in [0.717, 1.165) is 17.6 Å². The third-order valence-corrected chi connectivity index (χ3v) is 4.04. The van der Waals surface area contributed by atoms with Gasteiger partial charge in [0.2, 0.25) is 0 Å². The molecular formula is C17H21Cl2NO2. The Morgan fingerprint density at radius 2 is 1.91 bits per heavy atom. The Balaban J connectivity index is 2.21. The third kappa shape index (κ3) is 4.40. The van der Waals surface area contributed by atoms with Crippen LogP contribution in [-0.2, 0) is 4.74 Å². The highest BCUT2D eigenvalue weighted by atomic mass is 35.5. The van der Waals surface area contributed by atoms with Crippen molar-refractivity contribution in [3.05, 3.63) is 40.4 Å². The summed E-state index contributed by atoms with van der Waals surface area (Å²) in [6.07, 6.45) is 0.480. The molecule has 0 bridgehead atoms. The lowest BCUT2D eigenvalue weighted by Crippen LogP contribution is -2.40. The maximum atomic E-state index is 12.3. The molecule has 1 aromatic rings. The van der Waals surface area contributed by atoms with Crippen molar-refractivity contribution in [3.8, 4) is 0 Å². The molecule has 0 saturated carbocycles. The number of halogens is 2. The predicted octanol–water partition coefficient (Wildman–Crippen LogP) is 4.97. The average molecular weight is 342 g/mol. The monoisotopic (exact) mass is 341 g/mol. The van der Waals surface area contributed by atoms with E-state index in [1.54, 1.807) is 4.90 Å². The van der Waals surface area contributed by atoms with Gasteiger partial charge in [-0.15, -0.1) is 11.6 Å². The van der Waals surface area contributed by atoms with E-state index in [-0.39, 0.29) is 6.09 Å². The zero-order valence-corrected chi connectivity index (χ0v) is 14.7. The van der Waals surface area contributed by atoms with Crippen molar-refractivity contribution < 1.29 is 9.53 Å². The van der Waals surface area contributed by atoms with Crippen LogP contribution in [0.3, 0.4) is 0 Å². The van der Waals surface area contributed by atoms with Crippen molar-refractivity contribution in [3.63, 3.8) is 0 Å². The van der Waals surface area contributed by atoms with E-state index in [1.165, 1.54) is 5.57 Å². The van der Waals surface area contributed by atoms with Crippen molar-refractivity contribution in [1.29, 1.82) is 0 Å². The summed E-state index contributed by atoms with van der Waals surface area (Å²) in [7, 11) is 0. The number of hydrogen-bond acceptors (Lipinski definition) is 2. The van der Waals surface area contributed by atoms with E-state index in [9.17, 15) is 4.79 Å². The first-order valence-electron chi connectivity index (χ1n) is 7.31. The van der Waals surface area contributed by atoms with Gasteiger partial charge in [0.25, 0.3) is 0 Å². The van der Waals surface area contributed by atoms with Gasteiger partial charge >= 0.3 is 6.09 Å². The fraction of sp³-hybridized carbons (Fsp3) is 0.471. The van der Waals surface area contributed by atoms with Crippen LogP contribution in [0.5, 0.6) is 0 Å². The predicted molar refractivity (Wildman–Crippen MR) is 91.5 cm³/mol. The molecular weight excluding hydrogens is 321 g/mol. The highest BCUT2D eigenvalue weighted by Crippen LogP contribution is 2.29. The van der Waals surface area contributed by atoms with Crippen molar-refractivity contribution in [2.75, 3.05) is 19.0 Å². The van der Waals surface area contributed by atoms with Gasteiger partial charge in [0.15, 0.2) is 0 Å². The molecule has 22 heavy (non-hydrogen) atoms. The molecule has 0 spiro atoms. The maximum Gasteiger partial charge on any atom is 0.410 e. The molecule has 120 valence electrons. The van der Waals surface area contributed by atoms with Crippen LogP contribution in [0.4, 0.5) is 4.79 Å². The van der Waals surface area contributed by atoms with Gasteiger partial charge < -0.3 is 9.64 Å². The number of carbonyl (C=O) groups is 1. The third-order valence-electron chi connectivity index (χ3n) is 3.46. The van der Waals surface area contributed by atoms with Gasteiger partial charge in [0, 0.05) is 24.0 Å². The second-order valence-corrected chi connectivity index (χ2v) is 7.08. The van der Waals surface area contributed by atoms with E-state index in [4.69, 9.17) is 27.9 Å². The second-order valence-electron chi connectivity index (χ2n) is 6.37. The summed E-state index contributed by atoms with van der Waals surface area (Å²) >= 11 is 12.0. The molecule has 2 rings (SSSR count). The molecule has 0 unspecified atom stereocenters. The fourth-order valence-corrected chi connectivity index (χ4v) is 2.80. The maximum absolute atomic E-state index is 12.3. The van der Waals surface area contributed by atoms with E-state index in [0.29, 0.717) is 24.0 Å². The number of nitrogens with zero attached hydrogens (tertiary/aromatic N) is 1. The Labute approximate surface area is 141 Å². The number of hydrogen-bond donors (Lipinski definition) is 0. The molecule has 1 aliphatic heterocycles. The first kappa shape index (κ1) is 17.2. The second kappa shape index (κ2) is 6.93. The minimum atomic E-state index is -0.492. The number of ether oxygens (including phenoxy) is 1. The van der Waals surface area contributed by atoms with Crippen LogP contribution in [0, 0.1) is 0 Å². The molecule has 0 radical (unpaired) electrons. The number of carbonyl (C=O) groups excluding carboxylic acids is 1. The number of amides is 1. The topological polar surface area (TPSA) is 29.5 Å². The molecule has 1 aliphatic rings. The van der Waals surface area contributed by atoms with Crippen LogP contribution in [0.2, 0.25) is 5.02 Å². The summed E-state index contributed by atoms with van der Waals surface area (Å²) in [6.45, 7) is 6.76. The summed E-state index contributed by atoms with van der Waals surface area (Å²) in [6, 6.07) is 7.62. The summed E-state index contributed by atoms with van der Waals surface area (Å²) < 4.78 is 5.46. The summed E-state index contributed by atoms with van der Waals surface area (Å²) in [5.41, 5.74) is 2.81. The first-order valence-corrected chi connectivity index (χ1v) is 8.22. The number of benzene rings is 1. The Hall–Kier alpha value is -1.19. The van der Waals surface area contributed by atoms with Crippen LogP contribution >= 0.6 is 23.2 Å². The molecule has 0 saturated heterocycles. The quantitative estimate of drug-likeness (QED) is 0.710. The fourth-order valence-electron chi connectivity index (χ4n) is 2.38.